The summed E-state index contributed by atoms with van der Waals surface area (Å²) in [5, 5.41) is 0. The van der Waals surface area contributed by atoms with Gasteiger partial charge in [0.2, 0.25) is 0 Å². The van der Waals surface area contributed by atoms with E-state index in [4.69, 9.17) is 22.8 Å². The van der Waals surface area contributed by atoms with Gasteiger partial charge < -0.3 is 22.8 Å². The van der Waals surface area contributed by atoms with Gasteiger partial charge >= 0.3 is 8.80 Å². The Balaban J connectivity index is 2.40. The van der Waals surface area contributed by atoms with Crippen molar-refractivity contribution in [2.75, 3.05) is 19.8 Å². The minimum absolute atomic E-state index is 0.0302. The standard InChI is InChI=1S/C13H28O5Si/c1-6-14-19(15-7-2,16-8-3)10-9-11(4)17-13-12(5)18-13/h11-13H,6-10H2,1-5H3. The molecule has 0 saturated carbocycles. The van der Waals surface area contributed by atoms with Crippen LogP contribution in [-0.2, 0) is 22.8 Å². The van der Waals surface area contributed by atoms with Crippen molar-refractivity contribution < 1.29 is 22.8 Å². The van der Waals surface area contributed by atoms with E-state index in [9.17, 15) is 0 Å². The van der Waals surface area contributed by atoms with Gasteiger partial charge in [0.25, 0.3) is 0 Å². The van der Waals surface area contributed by atoms with Gasteiger partial charge in [-0.25, -0.2) is 0 Å². The second-order valence-electron chi connectivity index (χ2n) is 4.68. The zero-order chi connectivity index (χ0) is 14.3. The van der Waals surface area contributed by atoms with Crippen LogP contribution in [0.4, 0.5) is 0 Å². The minimum Gasteiger partial charge on any atom is -0.374 e. The molecule has 0 radical (unpaired) electrons. The number of epoxide rings is 1. The van der Waals surface area contributed by atoms with Gasteiger partial charge in [0.1, 0.15) is 6.10 Å². The first-order chi connectivity index (χ1) is 9.06. The summed E-state index contributed by atoms with van der Waals surface area (Å²) in [5.74, 6) is 0. The lowest BCUT2D eigenvalue weighted by molar-refractivity contribution is -0.00752. The third kappa shape index (κ3) is 5.89. The van der Waals surface area contributed by atoms with Crippen LogP contribution in [0.5, 0.6) is 0 Å². The second-order valence-corrected chi connectivity index (χ2v) is 7.41. The third-order valence-corrected chi connectivity index (χ3v) is 6.06. The first-order valence-corrected chi connectivity index (χ1v) is 9.22. The summed E-state index contributed by atoms with van der Waals surface area (Å²) in [6, 6.07) is 0.783. The molecule has 3 unspecified atom stereocenters. The monoisotopic (exact) mass is 292 g/mol. The predicted octanol–water partition coefficient (Wildman–Crippen LogP) is 2.57. The molecule has 0 bridgehead atoms. The maximum Gasteiger partial charge on any atom is 0.501 e. The van der Waals surface area contributed by atoms with Crippen molar-refractivity contribution >= 4 is 8.80 Å². The highest BCUT2D eigenvalue weighted by molar-refractivity contribution is 6.60. The molecule has 0 aromatic heterocycles. The van der Waals surface area contributed by atoms with E-state index in [1.807, 2.05) is 27.7 Å². The van der Waals surface area contributed by atoms with Crippen molar-refractivity contribution in [1.82, 2.24) is 0 Å². The second kappa shape index (κ2) is 8.34. The molecule has 19 heavy (non-hydrogen) atoms. The van der Waals surface area contributed by atoms with Crippen molar-refractivity contribution in [1.29, 1.82) is 0 Å². The Labute approximate surface area is 117 Å². The molecule has 0 aliphatic carbocycles. The van der Waals surface area contributed by atoms with Gasteiger partial charge in [-0.2, -0.15) is 0 Å². The van der Waals surface area contributed by atoms with Gasteiger partial charge in [0.05, 0.1) is 6.10 Å². The molecule has 3 atom stereocenters. The van der Waals surface area contributed by atoms with Crippen LogP contribution in [-0.4, -0.2) is 47.1 Å². The van der Waals surface area contributed by atoms with Crippen molar-refractivity contribution in [2.45, 2.75) is 65.6 Å². The van der Waals surface area contributed by atoms with Crippen LogP contribution in [0.2, 0.25) is 6.04 Å². The van der Waals surface area contributed by atoms with E-state index in [1.165, 1.54) is 0 Å². The van der Waals surface area contributed by atoms with Crippen LogP contribution in [0.1, 0.15) is 41.0 Å². The number of hydrogen-bond donors (Lipinski definition) is 0. The third-order valence-electron chi connectivity index (χ3n) is 2.97. The van der Waals surface area contributed by atoms with E-state index >= 15 is 0 Å². The Morgan fingerprint density at radius 3 is 1.89 bits per heavy atom. The van der Waals surface area contributed by atoms with Crippen LogP contribution in [0.25, 0.3) is 0 Å². The van der Waals surface area contributed by atoms with Crippen LogP contribution >= 0.6 is 0 Å². The lowest BCUT2D eigenvalue weighted by Crippen LogP contribution is -2.46. The van der Waals surface area contributed by atoms with E-state index in [0.717, 1.165) is 12.5 Å². The average Bonchev–Trinajstić information content (AvgIpc) is 3.03. The molecule has 6 heteroatoms. The zero-order valence-electron chi connectivity index (χ0n) is 12.8. The molecule has 5 nitrogen and oxygen atoms in total. The lowest BCUT2D eigenvalue weighted by Gasteiger charge is -2.29. The zero-order valence-corrected chi connectivity index (χ0v) is 13.8. The van der Waals surface area contributed by atoms with E-state index in [0.29, 0.717) is 19.8 Å². The molecule has 1 fully saturated rings. The molecular formula is C13H28O5Si. The minimum atomic E-state index is -2.53. The van der Waals surface area contributed by atoms with Crippen LogP contribution in [0.15, 0.2) is 0 Å². The van der Waals surface area contributed by atoms with E-state index < -0.39 is 8.80 Å². The van der Waals surface area contributed by atoms with E-state index in [-0.39, 0.29) is 18.5 Å². The number of ether oxygens (including phenoxy) is 2. The Hall–Kier alpha value is 0.0169. The van der Waals surface area contributed by atoms with Crippen LogP contribution < -0.4 is 0 Å². The number of rotatable bonds is 11. The molecule has 1 aliphatic heterocycles. The molecule has 1 saturated heterocycles. The summed E-state index contributed by atoms with van der Waals surface area (Å²) in [6.07, 6.45) is 1.19. The topological polar surface area (TPSA) is 49.5 Å². The highest BCUT2D eigenvalue weighted by atomic mass is 28.4. The summed E-state index contributed by atoms with van der Waals surface area (Å²) < 4.78 is 28.4. The smallest absolute Gasteiger partial charge is 0.374 e. The van der Waals surface area contributed by atoms with E-state index in [2.05, 4.69) is 6.92 Å². The van der Waals surface area contributed by atoms with E-state index in [1.54, 1.807) is 0 Å². The molecular weight excluding hydrogens is 264 g/mol. The van der Waals surface area contributed by atoms with Crippen molar-refractivity contribution in [2.24, 2.45) is 0 Å². The van der Waals surface area contributed by atoms with Crippen LogP contribution in [0.3, 0.4) is 0 Å². The molecule has 1 rings (SSSR count). The van der Waals surface area contributed by atoms with Gasteiger partial charge in [-0.1, -0.05) is 0 Å². The SMILES string of the molecule is CCO[Si](CCC(C)OC1OC1C)(OCC)OCC. The number of hydrogen-bond acceptors (Lipinski definition) is 5. The Morgan fingerprint density at radius 1 is 1.05 bits per heavy atom. The van der Waals surface area contributed by atoms with Gasteiger partial charge in [-0.05, 0) is 41.0 Å². The average molecular weight is 292 g/mol. The Bertz CT molecular complexity index is 234. The van der Waals surface area contributed by atoms with Crippen molar-refractivity contribution in [3.8, 4) is 0 Å². The van der Waals surface area contributed by atoms with Gasteiger partial charge in [0.15, 0.2) is 6.29 Å². The van der Waals surface area contributed by atoms with Crippen molar-refractivity contribution in [3.63, 3.8) is 0 Å². The van der Waals surface area contributed by atoms with Crippen molar-refractivity contribution in [3.05, 3.63) is 0 Å². The molecule has 0 N–H and O–H groups in total. The summed E-state index contributed by atoms with van der Waals surface area (Å²) in [4.78, 5) is 0. The fraction of sp³-hybridized carbons (Fsp3) is 1.00. The maximum atomic E-state index is 5.81. The summed E-state index contributed by atoms with van der Waals surface area (Å²) in [7, 11) is -2.53. The molecule has 1 aliphatic rings. The highest BCUT2D eigenvalue weighted by Gasteiger charge is 2.42. The molecule has 0 aromatic rings. The molecule has 0 spiro atoms. The molecule has 1 heterocycles. The summed E-state index contributed by atoms with van der Waals surface area (Å²) in [5.41, 5.74) is 0. The normalized spacial score (nSPS) is 24.5. The summed E-state index contributed by atoms with van der Waals surface area (Å²) in [6.45, 7) is 11.8. The molecule has 0 amide bonds. The first-order valence-electron chi connectivity index (χ1n) is 7.29. The quantitative estimate of drug-likeness (QED) is 0.433. The summed E-state index contributed by atoms with van der Waals surface area (Å²) >= 11 is 0. The molecule has 114 valence electrons. The Kier molecular flexibility index (Phi) is 7.49. The van der Waals surface area contributed by atoms with Crippen LogP contribution in [0, 0.1) is 0 Å². The largest absolute Gasteiger partial charge is 0.501 e. The highest BCUT2D eigenvalue weighted by Crippen LogP contribution is 2.26. The fourth-order valence-corrected chi connectivity index (χ4v) is 4.75. The maximum absolute atomic E-state index is 5.81. The predicted molar refractivity (Wildman–Crippen MR) is 74.9 cm³/mol. The van der Waals surface area contributed by atoms with Gasteiger partial charge in [-0.3, -0.25) is 0 Å². The molecule has 0 aromatic carbocycles. The first kappa shape index (κ1) is 17.1. The fourth-order valence-electron chi connectivity index (χ4n) is 1.99. The Morgan fingerprint density at radius 2 is 1.53 bits per heavy atom. The van der Waals surface area contributed by atoms with Gasteiger partial charge in [-0.15, -0.1) is 0 Å². The lowest BCUT2D eigenvalue weighted by atomic mass is 10.3. The van der Waals surface area contributed by atoms with Gasteiger partial charge in [0, 0.05) is 25.9 Å².